The molecule has 218 valence electrons. The van der Waals surface area contributed by atoms with Crippen molar-refractivity contribution in [2.45, 2.75) is 42.3 Å². The zero-order chi connectivity index (χ0) is 28.7. The molecule has 1 aromatic heterocycles. The van der Waals surface area contributed by atoms with Crippen LogP contribution in [0.25, 0.3) is 0 Å². The molecule has 2 aliphatic rings. The molecular formula is C15H25N2O18P3. The Kier molecular flexibility index (Phi) is 9.40. The third kappa shape index (κ3) is 7.32. The smallest absolute Gasteiger partial charge is 0.393 e. The molecule has 0 bridgehead atoms. The van der Waals surface area contributed by atoms with Crippen LogP contribution in [0, 0.1) is 0 Å². The predicted molar refractivity (Wildman–Crippen MR) is 117 cm³/mol. The van der Waals surface area contributed by atoms with Crippen molar-refractivity contribution in [2.24, 2.45) is 0 Å². The molecule has 2 fully saturated rings. The monoisotopic (exact) mass is 614 g/mol. The predicted octanol–water partition coefficient (Wildman–Crippen LogP) is -3.93. The van der Waals surface area contributed by atoms with Gasteiger partial charge in [-0.15, -0.1) is 0 Å². The molecule has 0 aliphatic carbocycles. The number of phosphoric ester groups is 1. The quantitative estimate of drug-likeness (QED) is 0.107. The second-order valence-electron chi connectivity index (χ2n) is 8.34. The molecule has 0 spiro atoms. The van der Waals surface area contributed by atoms with Gasteiger partial charge >= 0.3 is 28.9 Å². The first kappa shape index (κ1) is 31.4. The van der Waals surface area contributed by atoms with Crippen LogP contribution in [0.15, 0.2) is 21.9 Å². The van der Waals surface area contributed by atoms with Crippen LogP contribution in [0.4, 0.5) is 0 Å². The zero-order valence-corrected chi connectivity index (χ0v) is 21.6. The standard InChI is InChI=1S/C15H25N2O18P3/c18-5-15(24)6-31-8(12(15)22)4-36(25,26)34-38(29,30)35-37(27,28)32-3-7-10(20)11(21)13(33-7)17-2-1-9(19)16-14(17)23/h1-2,7-8,10-13,18,20-22,24H,3-6H2,(H,25,26)(H,27,28)(H,29,30)(H,16,19,23)/t7-,8-,10-,11-,12+,13-,15-/m1/s1. The van der Waals surface area contributed by atoms with Crippen LogP contribution in [0.2, 0.25) is 0 Å². The third-order valence-corrected chi connectivity index (χ3v) is 10.2. The number of hydrogen-bond acceptors (Lipinski definition) is 15. The van der Waals surface area contributed by atoms with Gasteiger partial charge in [-0.25, -0.2) is 18.2 Å². The highest BCUT2D eigenvalue weighted by Gasteiger charge is 2.52. The molecule has 3 heterocycles. The summed E-state index contributed by atoms with van der Waals surface area (Å²) in [5.41, 5.74) is -3.96. The van der Waals surface area contributed by atoms with Gasteiger partial charge in [-0.1, -0.05) is 0 Å². The molecule has 2 saturated heterocycles. The van der Waals surface area contributed by atoms with Crippen LogP contribution in [-0.4, -0.2) is 112 Å². The number of hydrogen-bond donors (Lipinski definition) is 9. The molecule has 3 unspecified atom stereocenters. The van der Waals surface area contributed by atoms with E-state index in [1.54, 1.807) is 0 Å². The Morgan fingerprint density at radius 3 is 2.29 bits per heavy atom. The fourth-order valence-electron chi connectivity index (χ4n) is 3.55. The van der Waals surface area contributed by atoms with Crippen LogP contribution in [0.3, 0.4) is 0 Å². The number of nitrogens with zero attached hydrogens (tertiary/aromatic N) is 1. The van der Waals surface area contributed by atoms with Gasteiger partial charge in [0.05, 0.1) is 32.1 Å². The van der Waals surface area contributed by atoms with E-state index in [1.807, 2.05) is 4.98 Å². The van der Waals surface area contributed by atoms with Crippen molar-refractivity contribution in [1.29, 1.82) is 0 Å². The van der Waals surface area contributed by atoms with Gasteiger partial charge in [0.15, 0.2) is 6.23 Å². The van der Waals surface area contributed by atoms with E-state index in [4.69, 9.17) is 14.6 Å². The summed E-state index contributed by atoms with van der Waals surface area (Å²) >= 11 is 0. The molecule has 1 aromatic rings. The Hall–Kier alpha value is -1.15. The van der Waals surface area contributed by atoms with E-state index in [1.165, 1.54) is 0 Å². The molecule has 0 radical (unpaired) electrons. The first-order valence-electron chi connectivity index (χ1n) is 10.4. The minimum absolute atomic E-state index is 0.649. The third-order valence-electron chi connectivity index (χ3n) is 5.44. The second-order valence-corrected chi connectivity index (χ2v) is 13.4. The summed E-state index contributed by atoms with van der Waals surface area (Å²) in [6, 6.07) is 0.911. The van der Waals surface area contributed by atoms with Crippen molar-refractivity contribution in [3.8, 4) is 0 Å². The Labute approximate surface area is 211 Å². The van der Waals surface area contributed by atoms with Crippen molar-refractivity contribution >= 4 is 23.2 Å². The van der Waals surface area contributed by atoms with Gasteiger partial charge in [-0.2, -0.15) is 4.31 Å². The number of aromatic nitrogens is 2. The van der Waals surface area contributed by atoms with Gasteiger partial charge < -0.3 is 49.7 Å². The van der Waals surface area contributed by atoms with Crippen LogP contribution in [-0.2, 0) is 36.3 Å². The summed E-state index contributed by atoms with van der Waals surface area (Å²) in [7, 11) is -16.7. The summed E-state index contributed by atoms with van der Waals surface area (Å²) in [6.07, 6.45) is -10.6. The van der Waals surface area contributed by atoms with E-state index in [-0.39, 0.29) is 0 Å². The highest BCUT2D eigenvalue weighted by molar-refractivity contribution is 7.68. The van der Waals surface area contributed by atoms with Crippen molar-refractivity contribution in [2.75, 3.05) is 26.0 Å². The Balaban J connectivity index is 1.59. The Morgan fingerprint density at radius 1 is 1.05 bits per heavy atom. The largest absolute Gasteiger partial charge is 0.488 e. The van der Waals surface area contributed by atoms with E-state index < -0.39 is 103 Å². The lowest BCUT2D eigenvalue weighted by Gasteiger charge is -2.25. The molecule has 2 aliphatic heterocycles. The maximum Gasteiger partial charge on any atom is 0.488 e. The fourth-order valence-corrected chi connectivity index (χ4v) is 7.82. The lowest BCUT2D eigenvalue weighted by Crippen LogP contribution is -2.47. The molecule has 38 heavy (non-hydrogen) atoms. The Morgan fingerprint density at radius 2 is 1.71 bits per heavy atom. The number of phosphoric acid groups is 2. The maximum atomic E-state index is 12.2. The summed E-state index contributed by atoms with van der Waals surface area (Å²) in [5.74, 6) is 0. The Bertz CT molecular complexity index is 1270. The van der Waals surface area contributed by atoms with E-state index in [0.29, 0.717) is 4.57 Å². The van der Waals surface area contributed by atoms with Crippen LogP contribution in [0.1, 0.15) is 6.23 Å². The SMILES string of the molecule is O=c1ccn([C@@H]2O[C@H](COP(=O)(O)OP(=O)(O)OP(=O)(O)C[C@H]3OC[C@](O)(CO)[C@H]3O)[C@@H](O)[C@H]2O)c(=O)[nH]1. The van der Waals surface area contributed by atoms with Gasteiger partial charge in [0, 0.05) is 12.3 Å². The average molecular weight is 614 g/mol. The van der Waals surface area contributed by atoms with Crippen LogP contribution >= 0.6 is 23.2 Å². The average Bonchev–Trinajstić information content (AvgIpc) is 3.21. The van der Waals surface area contributed by atoms with Gasteiger partial charge in [0.25, 0.3) is 5.56 Å². The van der Waals surface area contributed by atoms with Gasteiger partial charge in [-0.05, 0) is 0 Å². The van der Waals surface area contributed by atoms with Gasteiger partial charge in [-0.3, -0.25) is 23.4 Å². The summed E-state index contributed by atoms with van der Waals surface area (Å²) in [5, 5.41) is 49.1. The van der Waals surface area contributed by atoms with E-state index >= 15 is 0 Å². The molecule has 23 heteroatoms. The van der Waals surface area contributed by atoms with Gasteiger partial charge in [0.1, 0.15) is 30.0 Å². The number of aliphatic hydroxyl groups excluding tert-OH is 4. The van der Waals surface area contributed by atoms with Crippen molar-refractivity contribution < 1.29 is 76.5 Å². The fraction of sp³-hybridized carbons (Fsp3) is 0.733. The number of rotatable bonds is 11. The lowest BCUT2D eigenvalue weighted by atomic mass is 9.98. The summed E-state index contributed by atoms with van der Waals surface area (Å²) in [4.78, 5) is 54.2. The molecule has 0 aromatic carbocycles. The number of aliphatic hydroxyl groups is 5. The highest BCUT2D eigenvalue weighted by Crippen LogP contribution is 2.67. The number of ether oxygens (including phenoxy) is 2. The molecule has 10 atom stereocenters. The number of nitrogens with one attached hydrogen (secondary N) is 1. The minimum Gasteiger partial charge on any atom is -0.393 e. The maximum absolute atomic E-state index is 12.2. The van der Waals surface area contributed by atoms with Crippen LogP contribution in [0.5, 0.6) is 0 Å². The zero-order valence-electron chi connectivity index (χ0n) is 18.9. The molecule has 9 N–H and O–H groups in total. The number of H-pyrrole nitrogens is 1. The molecule has 3 rings (SSSR count). The van der Waals surface area contributed by atoms with E-state index in [0.717, 1.165) is 12.3 Å². The van der Waals surface area contributed by atoms with Crippen LogP contribution < -0.4 is 11.2 Å². The summed E-state index contributed by atoms with van der Waals surface area (Å²) in [6.45, 7) is -2.71. The van der Waals surface area contributed by atoms with Crippen molar-refractivity contribution in [3.05, 3.63) is 33.1 Å². The summed E-state index contributed by atoms with van der Waals surface area (Å²) < 4.78 is 59.7. The highest BCUT2D eigenvalue weighted by atomic mass is 31.3. The molecule has 20 nitrogen and oxygen atoms in total. The molecule has 0 saturated carbocycles. The van der Waals surface area contributed by atoms with E-state index in [2.05, 4.69) is 13.1 Å². The number of aromatic amines is 1. The first-order chi connectivity index (χ1) is 17.4. The minimum atomic E-state index is -5.84. The first-order valence-corrected chi connectivity index (χ1v) is 15.1. The normalized spacial score (nSPS) is 36.4. The molecular weight excluding hydrogens is 589 g/mol. The molecule has 0 amide bonds. The second kappa shape index (κ2) is 11.4. The van der Waals surface area contributed by atoms with E-state index in [9.17, 15) is 58.4 Å². The topological polar surface area (TPSA) is 314 Å². The van der Waals surface area contributed by atoms with Crippen molar-refractivity contribution in [1.82, 2.24) is 9.55 Å². The van der Waals surface area contributed by atoms with Crippen molar-refractivity contribution in [3.63, 3.8) is 0 Å². The lowest BCUT2D eigenvalue weighted by molar-refractivity contribution is -0.0805. The van der Waals surface area contributed by atoms with Gasteiger partial charge in [0.2, 0.25) is 0 Å².